The lowest BCUT2D eigenvalue weighted by Gasteiger charge is -2.36. The molecule has 4 rings (SSSR count). The van der Waals surface area contributed by atoms with Crippen molar-refractivity contribution in [3.63, 3.8) is 0 Å². The average Bonchev–Trinajstić information content (AvgIpc) is 3.07. The lowest BCUT2D eigenvalue weighted by molar-refractivity contribution is -0.118. The number of benzene rings is 1. The Bertz CT molecular complexity index is 826. The Morgan fingerprint density at radius 3 is 2.58 bits per heavy atom. The van der Waals surface area contributed by atoms with E-state index in [1.54, 1.807) is 11.3 Å². The van der Waals surface area contributed by atoms with Gasteiger partial charge in [0.05, 0.1) is 0 Å². The number of Topliss-reactive ketones (excluding diaryl/α,β-unsaturated/α-hetero) is 1. The van der Waals surface area contributed by atoms with E-state index in [4.69, 9.17) is 4.74 Å². The summed E-state index contributed by atoms with van der Waals surface area (Å²) in [6.45, 7) is 4.28. The Morgan fingerprint density at radius 2 is 1.88 bits per heavy atom. The summed E-state index contributed by atoms with van der Waals surface area (Å²) in [4.78, 5) is 14.0. The fourth-order valence-electron chi connectivity index (χ4n) is 3.57. The van der Waals surface area contributed by atoms with E-state index in [0.717, 1.165) is 29.1 Å². The zero-order valence-electron chi connectivity index (χ0n) is 13.9. The number of allylic oxidation sites excluding steroid dienone is 3. The molecule has 0 bridgehead atoms. The maximum atomic E-state index is 12.8. The quantitative estimate of drug-likeness (QED) is 0.719. The van der Waals surface area contributed by atoms with Crippen LogP contribution in [0.3, 0.4) is 0 Å². The summed E-state index contributed by atoms with van der Waals surface area (Å²) in [5.41, 5.74) is 1.87. The molecule has 2 nitrogen and oxygen atoms in total. The van der Waals surface area contributed by atoms with Gasteiger partial charge in [0, 0.05) is 34.8 Å². The van der Waals surface area contributed by atoms with Crippen LogP contribution in [0, 0.1) is 5.41 Å². The Kier molecular flexibility index (Phi) is 3.69. The summed E-state index contributed by atoms with van der Waals surface area (Å²) in [6.07, 6.45) is 3.50. The summed E-state index contributed by atoms with van der Waals surface area (Å²) in [6, 6.07) is 14.3. The molecule has 0 saturated carbocycles. The highest BCUT2D eigenvalue weighted by Gasteiger charge is 2.40. The molecule has 0 spiro atoms. The van der Waals surface area contributed by atoms with E-state index in [-0.39, 0.29) is 17.1 Å². The Morgan fingerprint density at radius 1 is 1.08 bits per heavy atom. The average molecular weight is 336 g/mol. The highest BCUT2D eigenvalue weighted by molar-refractivity contribution is 7.10. The van der Waals surface area contributed by atoms with Crippen molar-refractivity contribution in [1.29, 1.82) is 0 Å². The first-order valence-corrected chi connectivity index (χ1v) is 9.16. The summed E-state index contributed by atoms with van der Waals surface area (Å²) in [5, 5.41) is 2.07. The van der Waals surface area contributed by atoms with Crippen molar-refractivity contribution in [2.75, 3.05) is 0 Å². The second-order valence-corrected chi connectivity index (χ2v) is 8.25. The fourth-order valence-corrected chi connectivity index (χ4v) is 4.37. The van der Waals surface area contributed by atoms with E-state index in [2.05, 4.69) is 43.5 Å². The lowest BCUT2D eigenvalue weighted by atomic mass is 9.72. The molecule has 24 heavy (non-hydrogen) atoms. The van der Waals surface area contributed by atoms with Crippen molar-refractivity contribution in [2.45, 2.75) is 32.6 Å². The monoisotopic (exact) mass is 336 g/mol. The standard InChI is InChI=1S/C21H20O2S/c1-21(2)12-16(22)20-15(19-9-6-10-24-19)11-17(23-18(20)13-21)14-7-4-3-5-8-14/h3-11,15H,12-13H2,1-2H3. The number of rotatable bonds is 2. The first kappa shape index (κ1) is 15.4. The van der Waals surface area contributed by atoms with Crippen LogP contribution in [0.2, 0.25) is 0 Å². The maximum absolute atomic E-state index is 12.8. The van der Waals surface area contributed by atoms with Gasteiger partial charge in [-0.2, -0.15) is 0 Å². The van der Waals surface area contributed by atoms with E-state index >= 15 is 0 Å². The predicted octanol–water partition coefficient (Wildman–Crippen LogP) is 5.55. The number of ether oxygens (including phenoxy) is 1. The van der Waals surface area contributed by atoms with Crippen molar-refractivity contribution in [3.05, 3.63) is 75.7 Å². The molecule has 0 fully saturated rings. The molecule has 2 heterocycles. The van der Waals surface area contributed by atoms with Gasteiger partial charge < -0.3 is 4.74 Å². The van der Waals surface area contributed by atoms with Gasteiger partial charge in [-0.05, 0) is 22.9 Å². The zero-order valence-corrected chi connectivity index (χ0v) is 14.7. The third-order valence-corrected chi connectivity index (χ3v) is 5.60. The molecule has 2 aromatic rings. The summed E-state index contributed by atoms with van der Waals surface area (Å²) < 4.78 is 6.24. The minimum Gasteiger partial charge on any atom is -0.461 e. The van der Waals surface area contributed by atoms with Crippen LogP contribution in [0.1, 0.15) is 43.0 Å². The first-order chi connectivity index (χ1) is 11.5. The largest absolute Gasteiger partial charge is 0.461 e. The fraction of sp³-hybridized carbons (Fsp3) is 0.286. The van der Waals surface area contributed by atoms with Crippen LogP contribution in [0.4, 0.5) is 0 Å². The number of ketones is 1. The van der Waals surface area contributed by atoms with E-state index in [1.807, 2.05) is 24.3 Å². The van der Waals surface area contributed by atoms with Gasteiger partial charge in [-0.3, -0.25) is 4.79 Å². The highest BCUT2D eigenvalue weighted by atomic mass is 32.1. The SMILES string of the molecule is CC1(C)CC(=O)C2=C(C1)OC(c1ccccc1)=CC2c1cccs1. The minimum absolute atomic E-state index is 0.00700. The minimum atomic E-state index is -0.0466. The molecule has 1 aliphatic carbocycles. The van der Waals surface area contributed by atoms with Gasteiger partial charge >= 0.3 is 0 Å². The van der Waals surface area contributed by atoms with Crippen LogP contribution in [0.15, 0.2) is 65.3 Å². The molecule has 1 atom stereocenters. The molecule has 1 unspecified atom stereocenters. The first-order valence-electron chi connectivity index (χ1n) is 8.28. The molecule has 3 heteroatoms. The molecule has 2 aliphatic rings. The topological polar surface area (TPSA) is 26.3 Å². The summed E-state index contributed by atoms with van der Waals surface area (Å²) in [5.74, 6) is 1.95. The maximum Gasteiger partial charge on any atom is 0.163 e. The third kappa shape index (κ3) is 2.73. The van der Waals surface area contributed by atoms with E-state index in [9.17, 15) is 4.79 Å². The number of carbonyl (C=O) groups excluding carboxylic acids is 1. The molecule has 0 saturated heterocycles. The van der Waals surface area contributed by atoms with Crippen molar-refractivity contribution < 1.29 is 9.53 Å². The van der Waals surface area contributed by atoms with Gasteiger partial charge in [-0.1, -0.05) is 50.2 Å². The van der Waals surface area contributed by atoms with Gasteiger partial charge in [0.15, 0.2) is 5.78 Å². The van der Waals surface area contributed by atoms with Crippen LogP contribution in [-0.4, -0.2) is 5.78 Å². The van der Waals surface area contributed by atoms with Crippen molar-refractivity contribution in [1.82, 2.24) is 0 Å². The molecule has 1 aliphatic heterocycles. The smallest absolute Gasteiger partial charge is 0.163 e. The molecule has 0 N–H and O–H groups in total. The van der Waals surface area contributed by atoms with Crippen LogP contribution in [0.25, 0.3) is 5.76 Å². The van der Waals surface area contributed by atoms with Crippen LogP contribution in [-0.2, 0) is 9.53 Å². The third-order valence-electron chi connectivity index (χ3n) is 4.65. The van der Waals surface area contributed by atoms with Gasteiger partial charge in [0.2, 0.25) is 0 Å². The second kappa shape index (κ2) is 5.75. The van der Waals surface area contributed by atoms with Gasteiger partial charge in [0.1, 0.15) is 11.5 Å². The summed E-state index contributed by atoms with van der Waals surface area (Å²) in [7, 11) is 0. The molecule has 122 valence electrons. The number of hydrogen-bond acceptors (Lipinski definition) is 3. The van der Waals surface area contributed by atoms with Crippen molar-refractivity contribution in [3.8, 4) is 0 Å². The van der Waals surface area contributed by atoms with Crippen LogP contribution < -0.4 is 0 Å². The van der Waals surface area contributed by atoms with Gasteiger partial charge in [-0.25, -0.2) is 0 Å². The van der Waals surface area contributed by atoms with Crippen LogP contribution in [0.5, 0.6) is 0 Å². The number of thiophene rings is 1. The summed E-state index contributed by atoms with van der Waals surface area (Å²) >= 11 is 1.70. The normalized spacial score (nSPS) is 22.7. The highest BCUT2D eigenvalue weighted by Crippen LogP contribution is 2.48. The Balaban J connectivity index is 1.83. The van der Waals surface area contributed by atoms with Crippen molar-refractivity contribution in [2.24, 2.45) is 5.41 Å². The predicted molar refractivity (Wildman–Crippen MR) is 97.6 cm³/mol. The van der Waals surface area contributed by atoms with E-state index in [1.165, 1.54) is 4.88 Å². The molecular formula is C21H20O2S. The molecule has 0 amide bonds. The van der Waals surface area contributed by atoms with E-state index in [0.29, 0.717) is 6.42 Å². The second-order valence-electron chi connectivity index (χ2n) is 7.27. The molecule has 1 aromatic heterocycles. The molecule has 0 radical (unpaired) electrons. The van der Waals surface area contributed by atoms with Gasteiger partial charge in [-0.15, -0.1) is 11.3 Å². The van der Waals surface area contributed by atoms with E-state index < -0.39 is 0 Å². The lowest BCUT2D eigenvalue weighted by Crippen LogP contribution is -2.30. The number of carbonyl (C=O) groups is 1. The molecular weight excluding hydrogens is 316 g/mol. The van der Waals surface area contributed by atoms with Gasteiger partial charge in [0.25, 0.3) is 0 Å². The number of hydrogen-bond donors (Lipinski definition) is 0. The molecule has 1 aromatic carbocycles. The Hall–Kier alpha value is -2.13. The van der Waals surface area contributed by atoms with Crippen molar-refractivity contribution >= 4 is 22.9 Å². The van der Waals surface area contributed by atoms with Crippen LogP contribution >= 0.6 is 11.3 Å². The Labute approximate surface area is 146 Å². The zero-order chi connectivity index (χ0) is 16.7.